The summed E-state index contributed by atoms with van der Waals surface area (Å²) >= 11 is 0. The Bertz CT molecular complexity index is 1930. The molecule has 0 heterocycles. The summed E-state index contributed by atoms with van der Waals surface area (Å²) in [6.45, 7) is 3.67. The van der Waals surface area contributed by atoms with Crippen molar-refractivity contribution in [3.63, 3.8) is 0 Å². The van der Waals surface area contributed by atoms with Crippen molar-refractivity contribution in [2.45, 2.75) is 13.8 Å². The molecule has 0 atom stereocenters. The minimum Gasteiger partial charge on any atom is -0.504 e. The van der Waals surface area contributed by atoms with E-state index in [-0.39, 0.29) is 17.1 Å². The number of phenolic OH excluding ortho intramolecular Hbond substituents is 6. The highest BCUT2D eigenvalue weighted by Crippen LogP contribution is 2.36. The third-order valence-electron chi connectivity index (χ3n) is 6.88. The van der Waals surface area contributed by atoms with Crippen LogP contribution in [0.1, 0.15) is 52.6 Å². The van der Waals surface area contributed by atoms with Crippen LogP contribution >= 0.6 is 0 Å². The van der Waals surface area contributed by atoms with Gasteiger partial charge in [0.2, 0.25) is 11.8 Å². The molecule has 0 unspecified atom stereocenters. The maximum atomic E-state index is 11.3. The van der Waals surface area contributed by atoms with E-state index in [1.54, 1.807) is 38.5 Å². The quantitative estimate of drug-likeness (QED) is 0.0943. The number of carbonyl (C=O) groups excluding carboxylic acids is 4. The Balaban J connectivity index is 0.000000361. The number of benzene rings is 4. The number of primary amides is 2. The molecule has 18 nitrogen and oxygen atoms in total. The van der Waals surface area contributed by atoms with Crippen LogP contribution in [0.25, 0.3) is 0 Å². The molecule has 0 aromatic heterocycles. The molecule has 0 saturated carbocycles. The Labute approximate surface area is 309 Å². The first-order valence-electron chi connectivity index (χ1n) is 15.0. The highest BCUT2D eigenvalue weighted by atomic mass is 16.5. The van der Waals surface area contributed by atoms with E-state index >= 15 is 0 Å². The predicted molar refractivity (Wildman–Crippen MR) is 191 cm³/mol. The summed E-state index contributed by atoms with van der Waals surface area (Å²) in [5.41, 5.74) is 12.4. The van der Waals surface area contributed by atoms with Crippen molar-refractivity contribution in [3.8, 4) is 57.5 Å². The molecule has 0 spiro atoms. The fourth-order valence-corrected chi connectivity index (χ4v) is 4.27. The number of ether oxygens (including phenoxy) is 6. The van der Waals surface area contributed by atoms with Gasteiger partial charge >= 0.3 is 11.9 Å². The van der Waals surface area contributed by atoms with Gasteiger partial charge in [0.05, 0.1) is 53.8 Å². The van der Waals surface area contributed by atoms with Crippen LogP contribution in [0.15, 0.2) is 48.5 Å². The van der Waals surface area contributed by atoms with Crippen molar-refractivity contribution in [1.29, 1.82) is 0 Å². The molecule has 0 radical (unpaired) electrons. The Morgan fingerprint density at radius 2 is 0.722 bits per heavy atom. The van der Waals surface area contributed by atoms with E-state index in [4.69, 9.17) is 61.1 Å². The number of aromatic hydroxyl groups is 6. The standard InChI is InChI=1S/C11H14O4.C10H13NO3.C8H8O5.C7H7NO4/c1-7-5-8(11(12)15-4)6-9(13-2)10(7)14-3;1-6-4-7(10(11)12)5-8(13-2)9(6)14-3;1-13-8(12)4-2-5(9)7(11)6(10)3-4;8-7(12)3-1-4(9)6(11)5(10)2-3/h5-6H,1-4H3;4-5H,1-3H3,(H2,11,12);2-3,9-11H,1H3;1-2,9-11H,(H2,8,12). The van der Waals surface area contributed by atoms with Gasteiger partial charge in [-0.3, -0.25) is 9.59 Å². The fourth-order valence-electron chi connectivity index (χ4n) is 4.27. The number of esters is 2. The summed E-state index contributed by atoms with van der Waals surface area (Å²) in [6.07, 6.45) is 0. The topological polar surface area (TPSA) is 297 Å². The normalized spacial score (nSPS) is 9.63. The van der Waals surface area contributed by atoms with Crippen molar-refractivity contribution in [2.75, 3.05) is 42.7 Å². The first kappa shape index (κ1) is 44.8. The maximum absolute atomic E-state index is 11.3. The second kappa shape index (κ2) is 20.6. The predicted octanol–water partition coefficient (Wildman–Crippen LogP) is 3.40. The van der Waals surface area contributed by atoms with Gasteiger partial charge in [-0.2, -0.15) is 0 Å². The Kier molecular flexibility index (Phi) is 17.1. The zero-order valence-electron chi connectivity index (χ0n) is 30.5. The van der Waals surface area contributed by atoms with Crippen LogP contribution in [-0.2, 0) is 9.47 Å². The molecular weight excluding hydrogens is 716 g/mol. The summed E-state index contributed by atoms with van der Waals surface area (Å²) in [7, 11) is 8.66. The van der Waals surface area contributed by atoms with Gasteiger partial charge in [-0.1, -0.05) is 0 Å². The molecular formula is C36H42N2O16. The van der Waals surface area contributed by atoms with Gasteiger partial charge in [-0.05, 0) is 73.5 Å². The van der Waals surface area contributed by atoms with Gasteiger partial charge in [0.15, 0.2) is 57.5 Å². The highest BCUT2D eigenvalue weighted by molar-refractivity contribution is 5.95. The van der Waals surface area contributed by atoms with Crippen LogP contribution in [-0.4, -0.2) is 97.1 Å². The number of rotatable bonds is 8. The molecule has 54 heavy (non-hydrogen) atoms. The smallest absolute Gasteiger partial charge is 0.338 e. The average Bonchev–Trinajstić information content (AvgIpc) is 3.14. The first-order chi connectivity index (χ1) is 25.3. The van der Waals surface area contributed by atoms with Crippen LogP contribution in [0.2, 0.25) is 0 Å². The van der Waals surface area contributed by atoms with E-state index in [2.05, 4.69) is 9.47 Å². The van der Waals surface area contributed by atoms with E-state index in [0.717, 1.165) is 35.4 Å². The number of carbonyl (C=O) groups is 4. The molecule has 2 amide bonds. The van der Waals surface area contributed by atoms with Gasteiger partial charge in [0, 0.05) is 11.1 Å². The molecule has 0 aliphatic heterocycles. The van der Waals surface area contributed by atoms with Crippen LogP contribution in [0.4, 0.5) is 0 Å². The number of hydrogen-bond acceptors (Lipinski definition) is 16. The molecule has 4 aromatic carbocycles. The monoisotopic (exact) mass is 758 g/mol. The molecule has 18 heteroatoms. The van der Waals surface area contributed by atoms with E-state index in [0.29, 0.717) is 34.1 Å². The molecule has 0 aliphatic carbocycles. The summed E-state index contributed by atoms with van der Waals surface area (Å²) < 4.78 is 29.4. The zero-order chi connectivity index (χ0) is 41.4. The van der Waals surface area contributed by atoms with Gasteiger partial charge < -0.3 is 70.5 Å². The number of aryl methyl sites for hydroxylation is 2. The molecule has 0 aliphatic rings. The number of amides is 2. The molecule has 0 bridgehead atoms. The van der Waals surface area contributed by atoms with E-state index in [1.165, 1.54) is 28.4 Å². The second-order valence-electron chi connectivity index (χ2n) is 10.5. The van der Waals surface area contributed by atoms with E-state index < -0.39 is 52.3 Å². The number of methoxy groups -OCH3 is 6. The lowest BCUT2D eigenvalue weighted by Gasteiger charge is -2.11. The van der Waals surface area contributed by atoms with Crippen molar-refractivity contribution >= 4 is 23.8 Å². The third kappa shape index (κ3) is 11.9. The highest BCUT2D eigenvalue weighted by Gasteiger charge is 2.15. The van der Waals surface area contributed by atoms with Gasteiger partial charge in [-0.25, -0.2) is 9.59 Å². The van der Waals surface area contributed by atoms with Crippen LogP contribution in [0.5, 0.6) is 57.5 Å². The Morgan fingerprint density at radius 1 is 0.444 bits per heavy atom. The number of nitrogens with two attached hydrogens (primary N) is 2. The zero-order valence-corrected chi connectivity index (χ0v) is 30.5. The summed E-state index contributed by atoms with van der Waals surface area (Å²) in [5.74, 6) is -3.69. The van der Waals surface area contributed by atoms with Crippen molar-refractivity contribution in [2.24, 2.45) is 11.5 Å². The van der Waals surface area contributed by atoms with Crippen molar-refractivity contribution in [3.05, 3.63) is 81.9 Å². The lowest BCUT2D eigenvalue weighted by molar-refractivity contribution is 0.0591. The lowest BCUT2D eigenvalue weighted by Crippen LogP contribution is -2.11. The SMILES string of the molecule is COC(=O)c1cc(C)c(OC)c(OC)c1.COC(=O)c1cc(O)c(O)c(O)c1.COc1cc(C(N)=O)cc(C)c1OC.NC(=O)c1cc(O)c(O)c(O)c1. The summed E-state index contributed by atoms with van der Waals surface area (Å²) in [4.78, 5) is 43.7. The minimum absolute atomic E-state index is 0.0321. The Morgan fingerprint density at radius 3 is 1.02 bits per heavy atom. The second-order valence-corrected chi connectivity index (χ2v) is 10.5. The largest absolute Gasteiger partial charge is 0.504 e. The van der Waals surface area contributed by atoms with Crippen molar-refractivity contribution in [1.82, 2.24) is 0 Å². The lowest BCUT2D eigenvalue weighted by atomic mass is 10.1. The maximum Gasteiger partial charge on any atom is 0.338 e. The minimum atomic E-state index is -0.791. The van der Waals surface area contributed by atoms with Gasteiger partial charge in [-0.15, -0.1) is 0 Å². The van der Waals surface area contributed by atoms with Gasteiger partial charge in [0.1, 0.15) is 0 Å². The summed E-state index contributed by atoms with van der Waals surface area (Å²) in [5, 5.41) is 53.6. The van der Waals surface area contributed by atoms with Crippen LogP contribution < -0.4 is 30.4 Å². The van der Waals surface area contributed by atoms with E-state index in [9.17, 15) is 19.2 Å². The Hall–Kier alpha value is -7.24. The van der Waals surface area contributed by atoms with Crippen LogP contribution in [0, 0.1) is 13.8 Å². The van der Waals surface area contributed by atoms with E-state index in [1.807, 2.05) is 13.8 Å². The molecule has 0 saturated heterocycles. The van der Waals surface area contributed by atoms with Crippen LogP contribution in [0.3, 0.4) is 0 Å². The van der Waals surface area contributed by atoms with Crippen molar-refractivity contribution < 1.29 is 78.2 Å². The summed E-state index contributed by atoms with van der Waals surface area (Å²) in [6, 6.07) is 10.5. The average molecular weight is 759 g/mol. The molecule has 0 fully saturated rings. The third-order valence-corrected chi connectivity index (χ3v) is 6.88. The molecule has 4 rings (SSSR count). The first-order valence-corrected chi connectivity index (χ1v) is 15.0. The molecule has 4 aromatic rings. The fraction of sp³-hybridized carbons (Fsp3) is 0.222. The number of phenols is 6. The molecule has 292 valence electrons. The molecule has 10 N–H and O–H groups in total. The number of hydrogen-bond donors (Lipinski definition) is 8. The van der Waals surface area contributed by atoms with Gasteiger partial charge in [0.25, 0.3) is 0 Å².